The van der Waals surface area contributed by atoms with Crippen LogP contribution in [0.1, 0.15) is 66.2 Å². The number of allylic oxidation sites excluding steroid dienone is 6. The van der Waals surface area contributed by atoms with Crippen LogP contribution < -0.4 is 9.44 Å². The maximum atomic E-state index is 12.9. The zero-order valence-electron chi connectivity index (χ0n) is 20.9. The molecular formula is C28H42N2O2S. The number of fused-ring (bicyclic) bond motifs is 5. The van der Waals surface area contributed by atoms with E-state index in [2.05, 4.69) is 54.5 Å². The fourth-order valence-electron chi connectivity index (χ4n) is 7.99. The van der Waals surface area contributed by atoms with E-state index >= 15 is 0 Å². The van der Waals surface area contributed by atoms with E-state index in [0.717, 1.165) is 25.0 Å². The Labute approximate surface area is 201 Å². The summed E-state index contributed by atoms with van der Waals surface area (Å²) in [7, 11) is -2.63. The molecule has 0 radical (unpaired) electrons. The van der Waals surface area contributed by atoms with Gasteiger partial charge in [-0.05, 0) is 111 Å². The van der Waals surface area contributed by atoms with Gasteiger partial charge in [0.1, 0.15) is 9.89 Å². The predicted molar refractivity (Wildman–Crippen MR) is 140 cm³/mol. The van der Waals surface area contributed by atoms with Crippen LogP contribution in [-0.2, 0) is 14.7 Å². The monoisotopic (exact) mass is 470 g/mol. The lowest BCUT2D eigenvalue weighted by Crippen LogP contribution is -2.50. The Balaban J connectivity index is 1.66. The Morgan fingerprint density at radius 3 is 2.67 bits per heavy atom. The zero-order chi connectivity index (χ0) is 24.1. The summed E-state index contributed by atoms with van der Waals surface area (Å²) in [4.78, 5) is 12.1. The van der Waals surface area contributed by atoms with Crippen molar-refractivity contribution in [1.82, 2.24) is 9.44 Å². The molecule has 2 saturated carbocycles. The van der Waals surface area contributed by atoms with Crippen molar-refractivity contribution >= 4 is 21.5 Å². The molecule has 8 atom stereocenters. The number of carbonyl (C=O) groups is 1. The molecule has 0 aliphatic heterocycles. The van der Waals surface area contributed by atoms with Crippen molar-refractivity contribution in [3.8, 4) is 0 Å². The predicted octanol–water partition coefficient (Wildman–Crippen LogP) is 5.36. The number of rotatable bonds is 7. The molecule has 182 valence electrons. The number of ketones is 1. The quantitative estimate of drug-likeness (QED) is 0.389. The molecule has 0 saturated heterocycles. The van der Waals surface area contributed by atoms with E-state index < -0.39 is 9.89 Å². The highest BCUT2D eigenvalue weighted by Crippen LogP contribution is 2.65. The Morgan fingerprint density at radius 1 is 1.27 bits per heavy atom. The molecule has 2 fully saturated rings. The van der Waals surface area contributed by atoms with Gasteiger partial charge >= 0.3 is 0 Å². The second-order valence-corrected chi connectivity index (χ2v) is 13.5. The first-order valence-electron chi connectivity index (χ1n) is 12.6. The smallest absolute Gasteiger partial charge is 0.155 e. The van der Waals surface area contributed by atoms with Crippen LogP contribution in [0.15, 0.2) is 48.2 Å². The summed E-state index contributed by atoms with van der Waals surface area (Å²) in [6.07, 6.45) is 12.5. The first-order chi connectivity index (χ1) is 15.4. The van der Waals surface area contributed by atoms with Crippen molar-refractivity contribution in [2.24, 2.45) is 40.9 Å². The van der Waals surface area contributed by atoms with Crippen molar-refractivity contribution in [3.63, 3.8) is 0 Å². The Hall–Kier alpha value is -1.59. The third-order valence-electron chi connectivity index (χ3n) is 8.84. The second kappa shape index (κ2) is 8.88. The standard InChI is InChI=1S/C28H42N2O2S/c1-17(2)25-12-13-26-24-10-8-20-15-22(31)9-11-23(20)27(24)21(16-28(25,26)6)14-19(5)30-33(7,32)29-18(3)4/h8,10,15,18,21,23-27H,1,5,7,9,11-14,16H2,2-4,6H3,(H2,29,30,32)/t21-,23?,24-,25+,26?,27-,28+,33?/m0/s1. The summed E-state index contributed by atoms with van der Waals surface area (Å²) < 4.78 is 19.1. The van der Waals surface area contributed by atoms with Crippen LogP contribution in [0.25, 0.3) is 0 Å². The second-order valence-electron chi connectivity index (χ2n) is 11.7. The van der Waals surface area contributed by atoms with Crippen LogP contribution in [0.4, 0.5) is 0 Å². The molecule has 0 heterocycles. The van der Waals surface area contributed by atoms with Gasteiger partial charge in [0, 0.05) is 18.2 Å². The molecule has 3 unspecified atom stereocenters. The minimum Gasteiger partial charge on any atom is -0.306 e. The highest BCUT2D eigenvalue weighted by Gasteiger charge is 2.58. The lowest BCUT2D eigenvalue weighted by atomic mass is 9.48. The number of hydrogen-bond acceptors (Lipinski definition) is 2. The lowest BCUT2D eigenvalue weighted by Gasteiger charge is -2.56. The number of nitrogens with one attached hydrogen (secondary N) is 2. The molecule has 0 bridgehead atoms. The molecule has 0 amide bonds. The maximum Gasteiger partial charge on any atom is 0.155 e. The Morgan fingerprint density at radius 2 is 2.00 bits per heavy atom. The van der Waals surface area contributed by atoms with E-state index in [1.54, 1.807) is 0 Å². The number of hydrogen-bond donors (Lipinski definition) is 2. The molecule has 4 rings (SSSR count). The van der Waals surface area contributed by atoms with Gasteiger partial charge in [0.05, 0.1) is 0 Å². The lowest BCUT2D eigenvalue weighted by molar-refractivity contribution is -0.115. The average Bonchev–Trinajstić information content (AvgIpc) is 3.02. The van der Waals surface area contributed by atoms with Crippen LogP contribution in [-0.4, -0.2) is 21.9 Å². The summed E-state index contributed by atoms with van der Waals surface area (Å²) in [6, 6.07) is 0.0693. The molecule has 0 aromatic carbocycles. The molecule has 4 aliphatic carbocycles. The first kappa shape index (κ1) is 24.5. The van der Waals surface area contributed by atoms with Gasteiger partial charge in [-0.25, -0.2) is 8.93 Å². The molecule has 2 N–H and O–H groups in total. The third-order valence-corrected chi connectivity index (χ3v) is 10.3. The molecule has 0 spiro atoms. The molecule has 0 aromatic rings. The molecule has 33 heavy (non-hydrogen) atoms. The van der Waals surface area contributed by atoms with Crippen molar-refractivity contribution in [3.05, 3.63) is 48.2 Å². The van der Waals surface area contributed by atoms with Crippen molar-refractivity contribution in [1.29, 1.82) is 0 Å². The minimum absolute atomic E-state index is 0.0693. The average molecular weight is 471 g/mol. The van der Waals surface area contributed by atoms with E-state index in [1.807, 2.05) is 19.9 Å². The SMILES string of the molecule is C=C(C[C@H]1C[C@@]2(C)C(CC[C@@H]2C(=C)C)[C@@H]2C=CC3=CC(=O)CCC3[C@H]12)NS(=C)(=O)NC(C)C. The van der Waals surface area contributed by atoms with Crippen LogP contribution >= 0.6 is 0 Å². The van der Waals surface area contributed by atoms with Gasteiger partial charge in [-0.3, -0.25) is 4.79 Å². The molecule has 5 heteroatoms. The number of carbonyl (C=O) groups excluding carboxylic acids is 1. The largest absolute Gasteiger partial charge is 0.306 e. The van der Waals surface area contributed by atoms with Crippen LogP contribution in [0.2, 0.25) is 0 Å². The van der Waals surface area contributed by atoms with Crippen LogP contribution in [0, 0.1) is 40.9 Å². The van der Waals surface area contributed by atoms with E-state index in [-0.39, 0.29) is 17.2 Å². The molecule has 0 aromatic heterocycles. The van der Waals surface area contributed by atoms with Gasteiger partial charge in [-0.1, -0.05) is 37.8 Å². The molecule has 4 aliphatic rings. The first-order valence-corrected chi connectivity index (χ1v) is 14.3. The van der Waals surface area contributed by atoms with Gasteiger partial charge in [0.25, 0.3) is 0 Å². The highest BCUT2D eigenvalue weighted by molar-refractivity contribution is 7.96. The molecule has 4 nitrogen and oxygen atoms in total. The highest BCUT2D eigenvalue weighted by atomic mass is 32.2. The Kier molecular flexibility index (Phi) is 6.60. The minimum atomic E-state index is -2.63. The van der Waals surface area contributed by atoms with Crippen molar-refractivity contribution in [2.45, 2.75) is 72.3 Å². The van der Waals surface area contributed by atoms with Gasteiger partial charge < -0.3 is 4.72 Å². The summed E-state index contributed by atoms with van der Waals surface area (Å²) in [6.45, 7) is 17.3. The summed E-state index contributed by atoms with van der Waals surface area (Å²) in [5.74, 6) is 7.18. The van der Waals surface area contributed by atoms with Crippen LogP contribution in [0.5, 0.6) is 0 Å². The Bertz CT molecular complexity index is 1000. The maximum absolute atomic E-state index is 12.9. The third kappa shape index (κ3) is 4.68. The topological polar surface area (TPSA) is 58.2 Å². The summed E-state index contributed by atoms with van der Waals surface area (Å²) in [5.41, 5.74) is 3.54. The van der Waals surface area contributed by atoms with Gasteiger partial charge in [0.15, 0.2) is 5.78 Å². The van der Waals surface area contributed by atoms with Gasteiger partial charge in [0.2, 0.25) is 0 Å². The van der Waals surface area contributed by atoms with Gasteiger partial charge in [-0.2, -0.15) is 0 Å². The summed E-state index contributed by atoms with van der Waals surface area (Å²) >= 11 is 0. The summed E-state index contributed by atoms with van der Waals surface area (Å²) in [5, 5.41) is 0. The van der Waals surface area contributed by atoms with Crippen molar-refractivity contribution in [2.75, 3.05) is 0 Å². The van der Waals surface area contributed by atoms with Crippen LogP contribution in [0.3, 0.4) is 0 Å². The van der Waals surface area contributed by atoms with E-state index in [4.69, 9.17) is 0 Å². The normalized spacial score (nSPS) is 39.2. The fourth-order valence-corrected chi connectivity index (χ4v) is 9.36. The van der Waals surface area contributed by atoms with E-state index in [1.165, 1.54) is 24.0 Å². The van der Waals surface area contributed by atoms with E-state index in [9.17, 15) is 9.00 Å². The van der Waals surface area contributed by atoms with Gasteiger partial charge in [-0.15, -0.1) is 0 Å². The van der Waals surface area contributed by atoms with E-state index in [0.29, 0.717) is 41.9 Å². The van der Waals surface area contributed by atoms with Crippen molar-refractivity contribution < 1.29 is 9.00 Å². The zero-order valence-corrected chi connectivity index (χ0v) is 21.7. The fraction of sp³-hybridized carbons (Fsp3) is 0.643. The molecular weight excluding hydrogens is 428 g/mol.